The van der Waals surface area contributed by atoms with Gasteiger partial charge in [0.25, 0.3) is 0 Å². The summed E-state index contributed by atoms with van der Waals surface area (Å²) in [6.07, 6.45) is 3.35. The maximum atomic E-state index is 11.0. The number of benzene rings is 1. The maximum Gasteiger partial charge on any atom is 0.134 e. The Morgan fingerprint density at radius 2 is 2.06 bits per heavy atom. The van der Waals surface area contributed by atoms with Gasteiger partial charge in [0.05, 0.1) is 0 Å². The lowest BCUT2D eigenvalue weighted by molar-refractivity contribution is -0.116. The number of rotatable bonds is 6. The van der Waals surface area contributed by atoms with Gasteiger partial charge in [-0.25, -0.2) is 0 Å². The van der Waals surface area contributed by atoms with Crippen LogP contribution in [0.3, 0.4) is 0 Å². The third-order valence-electron chi connectivity index (χ3n) is 2.72. The normalized spacial score (nSPS) is 10.4. The molecule has 2 heteroatoms. The van der Waals surface area contributed by atoms with Crippen LogP contribution in [0.4, 0.5) is 0 Å². The summed E-state index contributed by atoms with van der Waals surface area (Å²) in [5, 5.41) is 8.74. The highest BCUT2D eigenvalue weighted by Gasteiger charge is 2.02. The molecule has 2 nitrogen and oxygen atoms in total. The Morgan fingerprint density at radius 3 is 2.69 bits per heavy atom. The van der Waals surface area contributed by atoms with Crippen molar-refractivity contribution in [3.8, 4) is 0 Å². The van der Waals surface area contributed by atoms with Crippen LogP contribution in [-0.4, -0.2) is 17.5 Å². The summed E-state index contributed by atoms with van der Waals surface area (Å²) in [5.41, 5.74) is 3.66. The van der Waals surface area contributed by atoms with Gasteiger partial charge in [0.2, 0.25) is 0 Å². The van der Waals surface area contributed by atoms with Crippen molar-refractivity contribution in [2.24, 2.45) is 0 Å². The molecule has 88 valence electrons. The predicted octanol–water partition coefficient (Wildman–Crippen LogP) is 2.44. The Balaban J connectivity index is 2.70. The number of carbonyl (C=O) groups excluding carboxylic acids is 1. The quantitative estimate of drug-likeness (QED) is 0.748. The Labute approximate surface area is 97.3 Å². The summed E-state index contributed by atoms with van der Waals surface area (Å²) < 4.78 is 0. The number of aliphatic hydroxyl groups is 1. The van der Waals surface area contributed by atoms with Crippen LogP contribution in [0.25, 0.3) is 0 Å². The monoisotopic (exact) mass is 220 g/mol. The van der Waals surface area contributed by atoms with Gasteiger partial charge in [0.15, 0.2) is 0 Å². The Morgan fingerprint density at radius 1 is 1.31 bits per heavy atom. The van der Waals surface area contributed by atoms with Gasteiger partial charge >= 0.3 is 0 Å². The molecule has 0 amide bonds. The smallest absolute Gasteiger partial charge is 0.134 e. The number of aryl methyl sites for hydroxylation is 2. The molecule has 1 N–H and O–H groups in total. The predicted molar refractivity (Wildman–Crippen MR) is 65.6 cm³/mol. The number of unbranched alkanes of at least 4 members (excludes halogenated alkanes) is 1. The molecule has 0 aliphatic rings. The highest BCUT2D eigenvalue weighted by atomic mass is 16.2. The van der Waals surface area contributed by atoms with E-state index in [0.717, 1.165) is 24.8 Å². The van der Waals surface area contributed by atoms with Crippen molar-refractivity contribution in [2.45, 2.75) is 39.5 Å². The minimum Gasteiger partial charge on any atom is -0.396 e. The Kier molecular flexibility index (Phi) is 5.20. The van der Waals surface area contributed by atoms with Crippen LogP contribution >= 0.6 is 0 Å². The van der Waals surface area contributed by atoms with Crippen LogP contribution in [0.5, 0.6) is 0 Å². The number of aliphatic hydroxyl groups excluding tert-OH is 1. The summed E-state index contributed by atoms with van der Waals surface area (Å²) >= 11 is 0. The van der Waals surface area contributed by atoms with Crippen LogP contribution in [0.1, 0.15) is 36.5 Å². The lowest BCUT2D eigenvalue weighted by Gasteiger charge is -2.07. The van der Waals surface area contributed by atoms with Crippen molar-refractivity contribution in [2.75, 3.05) is 6.61 Å². The Hall–Kier alpha value is -1.15. The zero-order chi connectivity index (χ0) is 12.0. The number of Topliss-reactive ketones (excluding diaryl/α,β-unsaturated/α-hetero) is 1. The van der Waals surface area contributed by atoms with E-state index in [9.17, 15) is 4.79 Å². The van der Waals surface area contributed by atoms with Gasteiger partial charge in [-0.15, -0.1) is 0 Å². The third-order valence-corrected chi connectivity index (χ3v) is 2.72. The maximum absolute atomic E-state index is 11.0. The zero-order valence-electron chi connectivity index (χ0n) is 10.1. The van der Waals surface area contributed by atoms with Crippen molar-refractivity contribution >= 4 is 5.78 Å². The average Bonchev–Trinajstić information content (AvgIpc) is 2.22. The van der Waals surface area contributed by atoms with Crippen molar-refractivity contribution in [3.63, 3.8) is 0 Å². The van der Waals surface area contributed by atoms with Crippen LogP contribution < -0.4 is 0 Å². The molecular formula is C14H20O2. The number of hydrogen-bond donors (Lipinski definition) is 1. The zero-order valence-corrected chi connectivity index (χ0v) is 10.1. The van der Waals surface area contributed by atoms with E-state index in [2.05, 4.69) is 19.1 Å². The summed E-state index contributed by atoms with van der Waals surface area (Å²) in [6, 6.07) is 6.22. The van der Waals surface area contributed by atoms with Gasteiger partial charge in [-0.05, 0) is 49.8 Å². The van der Waals surface area contributed by atoms with Crippen LogP contribution in [-0.2, 0) is 17.6 Å². The molecule has 0 saturated carbocycles. The first-order valence-electron chi connectivity index (χ1n) is 5.82. The van der Waals surface area contributed by atoms with Crippen molar-refractivity contribution < 1.29 is 9.90 Å². The molecule has 1 rings (SSSR count). The van der Waals surface area contributed by atoms with E-state index in [1.165, 1.54) is 11.1 Å². The first-order chi connectivity index (χ1) is 7.63. The minimum atomic E-state index is 0.199. The fourth-order valence-corrected chi connectivity index (χ4v) is 1.82. The highest BCUT2D eigenvalue weighted by Crippen LogP contribution is 2.14. The van der Waals surface area contributed by atoms with E-state index in [4.69, 9.17) is 5.11 Å². The average molecular weight is 220 g/mol. The molecule has 0 saturated heterocycles. The van der Waals surface area contributed by atoms with E-state index in [0.29, 0.717) is 6.42 Å². The lowest BCUT2D eigenvalue weighted by atomic mass is 9.98. The molecule has 0 aliphatic carbocycles. The van der Waals surface area contributed by atoms with E-state index in [1.807, 2.05) is 6.07 Å². The Bertz CT molecular complexity index is 356. The van der Waals surface area contributed by atoms with Crippen LogP contribution in [0.15, 0.2) is 18.2 Å². The van der Waals surface area contributed by atoms with Gasteiger partial charge in [-0.3, -0.25) is 4.79 Å². The van der Waals surface area contributed by atoms with Gasteiger partial charge < -0.3 is 5.11 Å². The molecule has 0 fully saturated rings. The fourth-order valence-electron chi connectivity index (χ4n) is 1.82. The molecule has 1 aromatic carbocycles. The molecule has 1 aromatic rings. The van der Waals surface area contributed by atoms with Crippen molar-refractivity contribution in [3.05, 3.63) is 34.9 Å². The standard InChI is InChI=1S/C14H20O2/c1-11-6-7-13(9-12(2)16)10-14(11)5-3-4-8-15/h6-7,10,15H,3-5,8-9H2,1-2H3. The van der Waals surface area contributed by atoms with E-state index in [1.54, 1.807) is 6.92 Å². The first-order valence-corrected chi connectivity index (χ1v) is 5.82. The summed E-state index contributed by atoms with van der Waals surface area (Å²) in [7, 11) is 0. The second kappa shape index (κ2) is 6.44. The van der Waals surface area contributed by atoms with Crippen molar-refractivity contribution in [1.29, 1.82) is 0 Å². The van der Waals surface area contributed by atoms with Crippen molar-refractivity contribution in [1.82, 2.24) is 0 Å². The molecule has 0 spiro atoms. The minimum absolute atomic E-state index is 0.199. The van der Waals surface area contributed by atoms with Gasteiger partial charge in [-0.2, -0.15) is 0 Å². The van der Waals surface area contributed by atoms with E-state index < -0.39 is 0 Å². The number of carbonyl (C=O) groups is 1. The second-order valence-electron chi connectivity index (χ2n) is 4.32. The van der Waals surface area contributed by atoms with E-state index in [-0.39, 0.29) is 12.4 Å². The number of ketones is 1. The largest absolute Gasteiger partial charge is 0.396 e. The van der Waals surface area contributed by atoms with E-state index >= 15 is 0 Å². The second-order valence-corrected chi connectivity index (χ2v) is 4.32. The van der Waals surface area contributed by atoms with Crippen LogP contribution in [0, 0.1) is 6.92 Å². The summed E-state index contributed by atoms with van der Waals surface area (Å²) in [5.74, 6) is 0.199. The molecular weight excluding hydrogens is 200 g/mol. The number of hydrogen-bond acceptors (Lipinski definition) is 2. The molecule has 0 atom stereocenters. The molecule has 0 bridgehead atoms. The SMILES string of the molecule is CC(=O)Cc1ccc(C)c(CCCCO)c1. The molecule has 16 heavy (non-hydrogen) atoms. The summed E-state index contributed by atoms with van der Waals surface area (Å²) in [6.45, 7) is 3.96. The molecule has 0 aliphatic heterocycles. The molecule has 0 heterocycles. The molecule has 0 unspecified atom stereocenters. The van der Waals surface area contributed by atoms with Gasteiger partial charge in [0.1, 0.15) is 5.78 Å². The summed E-state index contributed by atoms with van der Waals surface area (Å²) in [4.78, 5) is 11.0. The fraction of sp³-hybridized carbons (Fsp3) is 0.500. The molecule has 0 aromatic heterocycles. The highest BCUT2D eigenvalue weighted by molar-refractivity contribution is 5.78. The topological polar surface area (TPSA) is 37.3 Å². The lowest BCUT2D eigenvalue weighted by Crippen LogP contribution is -1.99. The van der Waals surface area contributed by atoms with Crippen LogP contribution in [0.2, 0.25) is 0 Å². The third kappa shape index (κ3) is 4.15. The molecule has 0 radical (unpaired) electrons. The van der Waals surface area contributed by atoms with Gasteiger partial charge in [0, 0.05) is 13.0 Å². The first kappa shape index (κ1) is 12.9. The van der Waals surface area contributed by atoms with Gasteiger partial charge in [-0.1, -0.05) is 18.2 Å².